The summed E-state index contributed by atoms with van der Waals surface area (Å²) in [6.07, 6.45) is 1.12. The summed E-state index contributed by atoms with van der Waals surface area (Å²) >= 11 is 5.88. The van der Waals surface area contributed by atoms with Crippen molar-refractivity contribution in [2.24, 2.45) is 0 Å². The first kappa shape index (κ1) is 22.1. The predicted octanol–water partition coefficient (Wildman–Crippen LogP) is 2.70. The molecule has 2 aromatic rings. The summed E-state index contributed by atoms with van der Waals surface area (Å²) in [7, 11) is 0. The van der Waals surface area contributed by atoms with E-state index in [1.54, 1.807) is 17.0 Å². The Morgan fingerprint density at radius 1 is 1.13 bits per heavy atom. The van der Waals surface area contributed by atoms with Crippen LogP contribution in [0.1, 0.15) is 32.0 Å². The number of carbonyl (C=O) groups excluding carboxylic acids is 1. The van der Waals surface area contributed by atoms with Crippen molar-refractivity contribution in [1.29, 1.82) is 0 Å². The molecule has 0 radical (unpaired) electrons. The van der Waals surface area contributed by atoms with Gasteiger partial charge in [0.05, 0.1) is 12.9 Å². The largest absolute Gasteiger partial charge is 0.502 e. The molecule has 1 N–H and O–H groups in total. The van der Waals surface area contributed by atoms with Crippen LogP contribution in [-0.4, -0.2) is 62.3 Å². The Bertz CT molecular complexity index is 945. The van der Waals surface area contributed by atoms with Crippen LogP contribution in [0.4, 0.5) is 4.79 Å². The van der Waals surface area contributed by atoms with Crippen molar-refractivity contribution >= 4 is 17.7 Å². The number of ether oxygens (including phenoxy) is 1. The van der Waals surface area contributed by atoms with Gasteiger partial charge in [-0.3, -0.25) is 14.3 Å². The summed E-state index contributed by atoms with van der Waals surface area (Å²) in [5.74, 6) is -0.346. The first-order chi connectivity index (χ1) is 14.1. The average molecular weight is 435 g/mol. The molecular weight excluding hydrogens is 408 g/mol. The lowest BCUT2D eigenvalue weighted by molar-refractivity contribution is 0.0137. The van der Waals surface area contributed by atoms with Gasteiger partial charge in [0, 0.05) is 37.7 Å². The first-order valence-electron chi connectivity index (χ1n) is 9.84. The third kappa shape index (κ3) is 5.73. The molecule has 1 aromatic carbocycles. The topological polar surface area (TPSA) is 87.9 Å². The quantitative estimate of drug-likeness (QED) is 0.796. The highest BCUT2D eigenvalue weighted by molar-refractivity contribution is 6.30. The van der Waals surface area contributed by atoms with E-state index in [9.17, 15) is 14.7 Å². The van der Waals surface area contributed by atoms with Crippen molar-refractivity contribution in [3.05, 3.63) is 57.2 Å². The highest BCUT2D eigenvalue weighted by Gasteiger charge is 2.26. The molecule has 9 heteroatoms. The van der Waals surface area contributed by atoms with Crippen molar-refractivity contribution in [2.45, 2.75) is 39.5 Å². The monoisotopic (exact) mass is 434 g/mol. The number of nitrogens with zero attached hydrogens (tertiary/aromatic N) is 4. The lowest BCUT2D eigenvalue weighted by atomic mass is 10.2. The van der Waals surface area contributed by atoms with E-state index < -0.39 is 11.2 Å². The Labute approximate surface area is 180 Å². The minimum atomic E-state index is -0.528. The summed E-state index contributed by atoms with van der Waals surface area (Å²) in [6.45, 7) is 8.39. The molecule has 0 spiro atoms. The molecule has 1 amide bonds. The van der Waals surface area contributed by atoms with Gasteiger partial charge in [-0.1, -0.05) is 23.7 Å². The SMILES string of the molecule is CC(C)(C)OC(=O)N1CCN(Cc2ncn(Cc3ccc(Cl)cc3)c(=O)c2O)CC1. The molecule has 1 aromatic heterocycles. The van der Waals surface area contributed by atoms with Crippen LogP contribution >= 0.6 is 11.6 Å². The van der Waals surface area contributed by atoms with Gasteiger partial charge in [0.15, 0.2) is 0 Å². The Kier molecular flexibility index (Phi) is 6.67. The maximum atomic E-state index is 12.5. The van der Waals surface area contributed by atoms with Gasteiger partial charge in [0.2, 0.25) is 5.75 Å². The zero-order valence-corrected chi connectivity index (χ0v) is 18.2. The molecular formula is C21H27ClN4O4. The van der Waals surface area contributed by atoms with Gasteiger partial charge in [-0.25, -0.2) is 9.78 Å². The van der Waals surface area contributed by atoms with Gasteiger partial charge in [-0.05, 0) is 38.5 Å². The summed E-state index contributed by atoms with van der Waals surface area (Å²) in [6, 6.07) is 7.15. The maximum Gasteiger partial charge on any atom is 0.410 e. The van der Waals surface area contributed by atoms with Gasteiger partial charge in [-0.2, -0.15) is 0 Å². The molecule has 1 aliphatic rings. The molecule has 0 unspecified atom stereocenters. The molecule has 8 nitrogen and oxygen atoms in total. The average Bonchev–Trinajstić information content (AvgIpc) is 2.68. The summed E-state index contributed by atoms with van der Waals surface area (Å²) < 4.78 is 6.76. The highest BCUT2D eigenvalue weighted by atomic mass is 35.5. The lowest BCUT2D eigenvalue weighted by Crippen LogP contribution is -2.49. The number of halogens is 1. The second-order valence-corrected chi connectivity index (χ2v) is 8.78. The molecule has 2 heterocycles. The van der Waals surface area contributed by atoms with E-state index in [0.29, 0.717) is 50.0 Å². The molecule has 162 valence electrons. The number of piperazine rings is 1. The predicted molar refractivity (Wildman–Crippen MR) is 114 cm³/mol. The van der Waals surface area contributed by atoms with E-state index in [4.69, 9.17) is 16.3 Å². The minimum absolute atomic E-state index is 0.297. The lowest BCUT2D eigenvalue weighted by Gasteiger charge is -2.35. The van der Waals surface area contributed by atoms with Gasteiger partial charge in [-0.15, -0.1) is 0 Å². The minimum Gasteiger partial charge on any atom is -0.502 e. The maximum absolute atomic E-state index is 12.5. The number of hydrogen-bond acceptors (Lipinski definition) is 6. The molecule has 3 rings (SSSR count). The number of amides is 1. The number of aromatic nitrogens is 2. The van der Waals surface area contributed by atoms with Crippen LogP contribution in [-0.2, 0) is 17.8 Å². The van der Waals surface area contributed by atoms with Gasteiger partial charge in [0.1, 0.15) is 11.3 Å². The molecule has 0 bridgehead atoms. The zero-order chi connectivity index (χ0) is 21.9. The molecule has 1 aliphatic heterocycles. The van der Waals surface area contributed by atoms with E-state index >= 15 is 0 Å². The fourth-order valence-corrected chi connectivity index (χ4v) is 3.28. The van der Waals surface area contributed by atoms with E-state index in [1.165, 1.54) is 10.9 Å². The van der Waals surface area contributed by atoms with Crippen LogP contribution in [0.15, 0.2) is 35.4 Å². The standard InChI is InChI=1S/C21H27ClN4O4/c1-21(2,3)30-20(29)25-10-8-24(9-11-25)13-17-18(27)19(28)26(14-23-17)12-15-4-6-16(22)7-5-15/h4-7,14,27H,8-13H2,1-3H3. The fraction of sp³-hybridized carbons (Fsp3) is 0.476. The van der Waals surface area contributed by atoms with E-state index in [-0.39, 0.29) is 11.8 Å². The van der Waals surface area contributed by atoms with Crippen LogP contribution in [0.3, 0.4) is 0 Å². The van der Waals surface area contributed by atoms with Crippen LogP contribution in [0.5, 0.6) is 5.75 Å². The Hall–Kier alpha value is -2.58. The molecule has 30 heavy (non-hydrogen) atoms. The van der Waals surface area contributed by atoms with Gasteiger partial charge >= 0.3 is 6.09 Å². The second kappa shape index (κ2) is 9.06. The van der Waals surface area contributed by atoms with E-state index in [2.05, 4.69) is 4.98 Å². The second-order valence-electron chi connectivity index (χ2n) is 8.34. The number of rotatable bonds is 4. The van der Waals surface area contributed by atoms with Crippen molar-refractivity contribution < 1.29 is 14.6 Å². The Balaban J connectivity index is 1.60. The van der Waals surface area contributed by atoms with Crippen LogP contribution in [0.25, 0.3) is 0 Å². The van der Waals surface area contributed by atoms with Crippen molar-refractivity contribution in [2.75, 3.05) is 26.2 Å². The normalized spacial score (nSPS) is 15.3. The van der Waals surface area contributed by atoms with Crippen LogP contribution in [0, 0.1) is 0 Å². The Morgan fingerprint density at radius 2 is 1.77 bits per heavy atom. The third-order valence-corrected chi connectivity index (χ3v) is 5.01. The highest BCUT2D eigenvalue weighted by Crippen LogP contribution is 2.16. The van der Waals surface area contributed by atoms with Gasteiger partial charge < -0.3 is 14.7 Å². The number of hydrogen-bond donors (Lipinski definition) is 1. The molecule has 1 fully saturated rings. The van der Waals surface area contributed by atoms with E-state index in [1.807, 2.05) is 37.8 Å². The summed E-state index contributed by atoms with van der Waals surface area (Å²) in [4.78, 5) is 32.7. The summed E-state index contributed by atoms with van der Waals surface area (Å²) in [5.41, 5.74) is 0.203. The first-order valence-corrected chi connectivity index (χ1v) is 10.2. The third-order valence-electron chi connectivity index (χ3n) is 4.75. The van der Waals surface area contributed by atoms with Gasteiger partial charge in [0.25, 0.3) is 5.56 Å². The number of carbonyl (C=O) groups is 1. The molecule has 0 saturated carbocycles. The fourth-order valence-electron chi connectivity index (χ4n) is 3.15. The van der Waals surface area contributed by atoms with Crippen molar-refractivity contribution in [3.8, 4) is 5.75 Å². The number of benzene rings is 1. The smallest absolute Gasteiger partial charge is 0.410 e. The molecule has 1 saturated heterocycles. The number of aromatic hydroxyl groups is 1. The molecule has 0 atom stereocenters. The zero-order valence-electron chi connectivity index (χ0n) is 17.5. The van der Waals surface area contributed by atoms with E-state index in [0.717, 1.165) is 5.56 Å². The Morgan fingerprint density at radius 3 is 2.37 bits per heavy atom. The molecule has 0 aliphatic carbocycles. The van der Waals surface area contributed by atoms with Crippen LogP contribution < -0.4 is 5.56 Å². The van der Waals surface area contributed by atoms with Crippen molar-refractivity contribution in [1.82, 2.24) is 19.4 Å². The van der Waals surface area contributed by atoms with Crippen LogP contribution in [0.2, 0.25) is 5.02 Å². The summed E-state index contributed by atoms with van der Waals surface area (Å²) in [5, 5.41) is 11.0. The van der Waals surface area contributed by atoms with Crippen molar-refractivity contribution in [3.63, 3.8) is 0 Å².